The Bertz CT molecular complexity index is 974. The molecule has 196 valence electrons. The summed E-state index contributed by atoms with van der Waals surface area (Å²) in [4.78, 5) is 14.6. The molecule has 1 unspecified atom stereocenters. The largest absolute Gasteiger partial charge is 0.490 e. The zero-order valence-corrected chi connectivity index (χ0v) is 22.2. The number of nitrogens with one attached hydrogen (secondary N) is 1. The summed E-state index contributed by atoms with van der Waals surface area (Å²) in [6, 6.07) is 7.30. The summed E-state index contributed by atoms with van der Waals surface area (Å²) in [7, 11) is -3.44. The molecule has 0 spiro atoms. The minimum atomic E-state index is -3.44. The quantitative estimate of drug-likeness (QED) is 0.502. The molecule has 1 N–H and O–H groups in total. The third-order valence-electron chi connectivity index (χ3n) is 6.36. The van der Waals surface area contributed by atoms with Crippen LogP contribution in [0.15, 0.2) is 36.9 Å². The summed E-state index contributed by atoms with van der Waals surface area (Å²) in [6.07, 6.45) is 6.59. The number of sulfonamides is 1. The van der Waals surface area contributed by atoms with Crippen molar-refractivity contribution in [2.24, 2.45) is 0 Å². The van der Waals surface area contributed by atoms with Gasteiger partial charge in [-0.05, 0) is 76.5 Å². The Morgan fingerprint density at radius 1 is 1.26 bits per heavy atom. The second-order valence-corrected chi connectivity index (χ2v) is 12.3. The lowest BCUT2D eigenvalue weighted by molar-refractivity contribution is -0.0292. The van der Waals surface area contributed by atoms with Gasteiger partial charge in [0.15, 0.2) is 0 Å². The van der Waals surface area contributed by atoms with Crippen LogP contribution in [0.5, 0.6) is 5.75 Å². The van der Waals surface area contributed by atoms with Crippen LogP contribution in [0.25, 0.3) is 0 Å². The molecule has 1 aliphatic heterocycles. The van der Waals surface area contributed by atoms with E-state index in [4.69, 9.17) is 14.2 Å². The highest BCUT2D eigenvalue weighted by atomic mass is 32.2. The first kappa shape index (κ1) is 27.5. The Morgan fingerprint density at radius 2 is 2.03 bits per heavy atom. The van der Waals surface area contributed by atoms with Gasteiger partial charge in [-0.15, -0.1) is 0 Å². The molecule has 1 aromatic rings. The molecule has 0 radical (unpaired) electrons. The number of hydrogen-bond acceptors (Lipinski definition) is 6. The lowest BCUT2D eigenvalue weighted by Crippen LogP contribution is -2.59. The molecule has 35 heavy (non-hydrogen) atoms. The van der Waals surface area contributed by atoms with E-state index in [9.17, 15) is 13.2 Å². The van der Waals surface area contributed by atoms with Gasteiger partial charge in [0, 0.05) is 12.6 Å². The van der Waals surface area contributed by atoms with Gasteiger partial charge in [-0.1, -0.05) is 24.8 Å². The van der Waals surface area contributed by atoms with Crippen LogP contribution in [0.4, 0.5) is 4.79 Å². The number of piperidine rings is 1. The zero-order chi connectivity index (χ0) is 25.6. The van der Waals surface area contributed by atoms with Gasteiger partial charge in [-0.3, -0.25) is 0 Å². The van der Waals surface area contributed by atoms with Gasteiger partial charge in [-0.2, -0.15) is 0 Å². The Morgan fingerprint density at radius 3 is 2.71 bits per heavy atom. The van der Waals surface area contributed by atoms with E-state index < -0.39 is 33.8 Å². The van der Waals surface area contributed by atoms with E-state index in [-0.39, 0.29) is 12.7 Å². The maximum atomic E-state index is 12.9. The molecule has 4 atom stereocenters. The number of rotatable bonds is 9. The van der Waals surface area contributed by atoms with E-state index in [1.54, 1.807) is 11.0 Å². The number of benzene rings is 1. The summed E-state index contributed by atoms with van der Waals surface area (Å²) in [5, 5.41) is 0. The summed E-state index contributed by atoms with van der Waals surface area (Å²) >= 11 is 0. The van der Waals surface area contributed by atoms with E-state index in [2.05, 4.69) is 23.4 Å². The molecule has 2 aliphatic rings. The predicted octanol–water partition coefficient (Wildman–Crippen LogP) is 4.22. The number of likely N-dealkylation sites (tertiary alicyclic amines) is 1. The maximum Gasteiger partial charge on any atom is 0.410 e. The monoisotopic (exact) mass is 508 g/mol. The number of carbonyl (C=O) groups is 1. The van der Waals surface area contributed by atoms with E-state index in [1.807, 2.05) is 32.9 Å². The number of nitrogens with zero attached hydrogens (tertiary/aromatic N) is 1. The predicted molar refractivity (Wildman–Crippen MR) is 136 cm³/mol. The molecule has 1 aliphatic carbocycles. The van der Waals surface area contributed by atoms with Gasteiger partial charge >= 0.3 is 6.09 Å². The van der Waals surface area contributed by atoms with Crippen LogP contribution >= 0.6 is 0 Å². The van der Waals surface area contributed by atoms with Gasteiger partial charge in [0.1, 0.15) is 18.0 Å². The molecule has 9 heteroatoms. The minimum Gasteiger partial charge on any atom is -0.490 e. The first-order valence-corrected chi connectivity index (χ1v) is 14.3. The SMILES string of the molecule is C=CCOc1cccc([C@H]2CCC(OC[C@H]3[C@@H](NS(C)(=O)=O)CCCN3C(=O)OC(C)(C)C)C2)c1. The smallest absolute Gasteiger partial charge is 0.410 e. The maximum absolute atomic E-state index is 12.9. The summed E-state index contributed by atoms with van der Waals surface area (Å²) < 4.78 is 44.3. The fourth-order valence-corrected chi connectivity index (χ4v) is 5.69. The molecule has 8 nitrogen and oxygen atoms in total. The first-order valence-electron chi connectivity index (χ1n) is 12.4. The lowest BCUT2D eigenvalue weighted by atomic mass is 9.97. The number of hydrogen-bond donors (Lipinski definition) is 1. The Hall–Kier alpha value is -2.10. The molecule has 1 aromatic carbocycles. The molecule has 0 bridgehead atoms. The standard InChI is InChI=1S/C26H40N2O6S/c1-6-15-32-21-10-7-9-19(16-21)20-12-13-22(17-20)33-18-24-23(27-35(5,30)31)11-8-14-28(24)25(29)34-26(2,3)4/h6-7,9-10,16,20,22-24,27H,1,8,11-15,17-18H2,2-5H3/t20-,22?,23-,24-/m0/s1. The second kappa shape index (κ2) is 11.8. The van der Waals surface area contributed by atoms with Crippen LogP contribution < -0.4 is 9.46 Å². The van der Waals surface area contributed by atoms with Crippen molar-refractivity contribution in [2.45, 2.75) is 82.6 Å². The molecule has 0 aromatic heterocycles. The van der Waals surface area contributed by atoms with Gasteiger partial charge in [0.25, 0.3) is 0 Å². The first-order chi connectivity index (χ1) is 16.4. The van der Waals surface area contributed by atoms with Crippen molar-refractivity contribution in [1.82, 2.24) is 9.62 Å². The van der Waals surface area contributed by atoms with E-state index in [0.717, 1.165) is 31.3 Å². The highest BCUT2D eigenvalue weighted by Gasteiger charge is 2.39. The second-order valence-electron chi connectivity index (χ2n) is 10.5. The highest BCUT2D eigenvalue weighted by Crippen LogP contribution is 2.37. The van der Waals surface area contributed by atoms with Gasteiger partial charge < -0.3 is 19.1 Å². The molecule has 1 heterocycles. The van der Waals surface area contributed by atoms with Crippen LogP contribution in [0.3, 0.4) is 0 Å². The Balaban J connectivity index is 1.66. The van der Waals surface area contributed by atoms with Crippen molar-refractivity contribution in [3.63, 3.8) is 0 Å². The van der Waals surface area contributed by atoms with Crippen molar-refractivity contribution in [3.05, 3.63) is 42.5 Å². The van der Waals surface area contributed by atoms with Crippen LogP contribution in [-0.2, 0) is 19.5 Å². The molecule has 1 saturated carbocycles. The van der Waals surface area contributed by atoms with Crippen molar-refractivity contribution in [2.75, 3.05) is 26.0 Å². The number of carbonyl (C=O) groups excluding carboxylic acids is 1. The third-order valence-corrected chi connectivity index (χ3v) is 7.09. The van der Waals surface area contributed by atoms with Crippen molar-refractivity contribution < 1.29 is 27.4 Å². The van der Waals surface area contributed by atoms with E-state index in [0.29, 0.717) is 31.9 Å². The Labute approximate surface area is 210 Å². The molecule has 3 rings (SSSR count). The number of ether oxygens (including phenoxy) is 3. The summed E-state index contributed by atoms with van der Waals surface area (Å²) in [5.74, 6) is 1.20. The number of amides is 1. The third kappa shape index (κ3) is 8.51. The van der Waals surface area contributed by atoms with Crippen molar-refractivity contribution in [3.8, 4) is 5.75 Å². The Kier molecular flexibility index (Phi) is 9.23. The van der Waals surface area contributed by atoms with Crippen LogP contribution in [0.1, 0.15) is 64.4 Å². The molecule has 1 saturated heterocycles. The van der Waals surface area contributed by atoms with Crippen LogP contribution in [0, 0.1) is 0 Å². The fourth-order valence-electron chi connectivity index (χ4n) is 4.87. The average Bonchev–Trinajstić information content (AvgIpc) is 3.24. The van der Waals surface area contributed by atoms with E-state index in [1.165, 1.54) is 5.56 Å². The normalized spacial score (nSPS) is 25.3. The topological polar surface area (TPSA) is 94.2 Å². The van der Waals surface area contributed by atoms with Gasteiger partial charge in [-0.25, -0.2) is 17.9 Å². The summed E-state index contributed by atoms with van der Waals surface area (Å²) in [6.45, 7) is 10.4. The fraction of sp³-hybridized carbons (Fsp3) is 0.654. The van der Waals surface area contributed by atoms with Gasteiger partial charge in [0.05, 0.1) is 25.0 Å². The van der Waals surface area contributed by atoms with Crippen LogP contribution in [0.2, 0.25) is 0 Å². The molecular weight excluding hydrogens is 468 g/mol. The minimum absolute atomic E-state index is 0.0408. The van der Waals surface area contributed by atoms with E-state index >= 15 is 0 Å². The van der Waals surface area contributed by atoms with Gasteiger partial charge in [0.2, 0.25) is 10.0 Å². The van der Waals surface area contributed by atoms with Crippen molar-refractivity contribution >= 4 is 16.1 Å². The van der Waals surface area contributed by atoms with Crippen LogP contribution in [-0.4, -0.2) is 69.2 Å². The van der Waals surface area contributed by atoms with Crippen molar-refractivity contribution in [1.29, 1.82) is 0 Å². The lowest BCUT2D eigenvalue weighted by Gasteiger charge is -2.41. The zero-order valence-electron chi connectivity index (χ0n) is 21.4. The molecular formula is C26H40N2O6S. The molecule has 2 fully saturated rings. The average molecular weight is 509 g/mol. The highest BCUT2D eigenvalue weighted by molar-refractivity contribution is 7.88. The molecule has 1 amide bonds. The summed E-state index contributed by atoms with van der Waals surface area (Å²) in [5.41, 5.74) is 0.588.